The van der Waals surface area contributed by atoms with Crippen LogP contribution in [0, 0.1) is 35.5 Å². The number of ether oxygens (including phenoxy) is 2. The van der Waals surface area contributed by atoms with Crippen LogP contribution in [0.4, 0.5) is 13.2 Å². The molecule has 0 radical (unpaired) electrons. The molecule has 3 aromatic rings. The monoisotopic (exact) mass is 753 g/mol. The number of rotatable bonds is 13. The predicted molar refractivity (Wildman–Crippen MR) is 187 cm³/mol. The number of nitrogens with zero attached hydrogens (tertiary/aromatic N) is 3. The quantitative estimate of drug-likeness (QED) is 0.123. The summed E-state index contributed by atoms with van der Waals surface area (Å²) < 4.78 is 65.8. The smallest absolute Gasteiger partial charge is 0.426 e. The van der Waals surface area contributed by atoms with E-state index < -0.39 is 47.3 Å². The van der Waals surface area contributed by atoms with Crippen molar-refractivity contribution in [2.45, 2.75) is 66.7 Å². The van der Waals surface area contributed by atoms with Gasteiger partial charge >= 0.3 is 18.9 Å². The molecular formula is C35H40ClF3N3O6PS. The van der Waals surface area contributed by atoms with Crippen molar-refractivity contribution in [2.75, 3.05) is 13.2 Å². The molecule has 1 fully saturated rings. The molecule has 1 unspecified atom stereocenters. The van der Waals surface area contributed by atoms with Crippen molar-refractivity contribution in [2.24, 2.45) is 17.3 Å². The molecule has 0 aliphatic heterocycles. The number of esters is 1. The SMILES string of the molecule is CC1(C)[C@H](C(=O)OC(C#N)c2cccc(Oc3ccccc3)c2)[C@@H]1/C=C(\Cl)C(F)(F)F.CCOP(=S)(OCC)Oc1cc(C)nc(C(C)C)n1. The Morgan fingerprint density at radius 3 is 2.24 bits per heavy atom. The number of alkyl halides is 3. The van der Waals surface area contributed by atoms with E-state index in [0.29, 0.717) is 36.2 Å². The summed E-state index contributed by atoms with van der Waals surface area (Å²) in [7, 11) is 0. The summed E-state index contributed by atoms with van der Waals surface area (Å²) in [6.45, 7) is 11.1. The summed E-state index contributed by atoms with van der Waals surface area (Å²) in [6.07, 6.45) is -5.07. The van der Waals surface area contributed by atoms with Crippen LogP contribution in [0.2, 0.25) is 0 Å². The molecule has 1 aliphatic carbocycles. The molecule has 4 rings (SSSR count). The van der Waals surface area contributed by atoms with Crippen LogP contribution in [-0.2, 0) is 30.4 Å². The lowest BCUT2D eigenvalue weighted by atomic mass is 10.1. The highest BCUT2D eigenvalue weighted by Crippen LogP contribution is 2.61. The number of benzene rings is 2. The van der Waals surface area contributed by atoms with Crippen LogP contribution in [0.1, 0.15) is 70.6 Å². The average Bonchev–Trinajstić information content (AvgIpc) is 3.58. The molecule has 1 saturated carbocycles. The van der Waals surface area contributed by atoms with Crippen molar-refractivity contribution in [3.8, 4) is 23.4 Å². The molecule has 0 bridgehead atoms. The minimum atomic E-state index is -4.68. The Morgan fingerprint density at radius 2 is 1.68 bits per heavy atom. The van der Waals surface area contributed by atoms with Gasteiger partial charge in [0.15, 0.2) is 0 Å². The molecular weight excluding hydrogens is 714 g/mol. The normalized spacial score (nSPS) is 17.5. The largest absolute Gasteiger partial charge is 0.457 e. The number of allylic oxidation sites excluding steroid dienone is 2. The van der Waals surface area contributed by atoms with Crippen molar-refractivity contribution in [1.29, 1.82) is 5.26 Å². The minimum absolute atomic E-state index is 0.222. The van der Waals surface area contributed by atoms with Gasteiger partial charge in [-0.25, -0.2) is 4.98 Å². The number of nitriles is 1. The van der Waals surface area contributed by atoms with E-state index in [1.165, 1.54) is 0 Å². The molecule has 270 valence electrons. The standard InChI is InChI=1S/C23H19ClF3NO3.C12H21N2O3PS/c1-22(2)17(12-19(24)23(25,26)27)20(22)21(29)31-18(13-28)14-7-6-10-16(11-14)30-15-8-4-3-5-9-15;1-6-15-18(19,16-7-2)17-11-8-10(5)13-12(14-11)9(3)4/h3-12,17-18,20H,1-2H3;8-9H,6-7H2,1-5H3/b19-12-;/t17-,18?,20-;/m0./s1. The first-order valence-corrected chi connectivity index (χ1v) is 18.7. The molecule has 0 N–H and O–H groups in total. The van der Waals surface area contributed by atoms with E-state index >= 15 is 0 Å². The maximum absolute atomic E-state index is 12.7. The molecule has 3 atom stereocenters. The number of aryl methyl sites for hydroxylation is 1. The number of hydrogen-bond donors (Lipinski definition) is 0. The van der Waals surface area contributed by atoms with Crippen LogP contribution in [0.25, 0.3) is 0 Å². The zero-order chi connectivity index (χ0) is 37.3. The molecule has 1 aromatic heterocycles. The highest BCUT2D eigenvalue weighted by atomic mass is 35.5. The molecule has 2 aromatic carbocycles. The van der Waals surface area contributed by atoms with Crippen LogP contribution in [0.15, 0.2) is 71.8 Å². The maximum Gasteiger partial charge on any atom is 0.426 e. The van der Waals surface area contributed by atoms with Gasteiger partial charge in [0.1, 0.15) is 28.4 Å². The van der Waals surface area contributed by atoms with Gasteiger partial charge in [0.25, 0.3) is 0 Å². The Kier molecular flexibility index (Phi) is 14.4. The summed E-state index contributed by atoms with van der Waals surface area (Å²) in [5.41, 5.74) is 0.465. The van der Waals surface area contributed by atoms with Gasteiger partial charge < -0.3 is 14.0 Å². The van der Waals surface area contributed by atoms with Gasteiger partial charge in [-0.1, -0.05) is 75.7 Å². The summed E-state index contributed by atoms with van der Waals surface area (Å²) in [5, 5.41) is 8.23. The Morgan fingerprint density at radius 1 is 1.06 bits per heavy atom. The van der Waals surface area contributed by atoms with Crippen molar-refractivity contribution < 1.29 is 41.0 Å². The molecule has 0 spiro atoms. The molecule has 50 heavy (non-hydrogen) atoms. The molecule has 9 nitrogen and oxygen atoms in total. The van der Waals surface area contributed by atoms with Crippen molar-refractivity contribution >= 4 is 36.1 Å². The van der Waals surface area contributed by atoms with Gasteiger partial charge in [0.05, 0.1) is 19.1 Å². The summed E-state index contributed by atoms with van der Waals surface area (Å²) >= 11 is 10.6. The third-order valence-electron chi connectivity index (χ3n) is 7.40. The Hall–Kier alpha value is -3.53. The van der Waals surface area contributed by atoms with E-state index in [4.69, 9.17) is 46.5 Å². The zero-order valence-corrected chi connectivity index (χ0v) is 31.2. The number of para-hydroxylation sites is 1. The highest BCUT2D eigenvalue weighted by molar-refractivity contribution is 8.07. The van der Waals surface area contributed by atoms with Gasteiger partial charge in [0.2, 0.25) is 12.0 Å². The lowest BCUT2D eigenvalue weighted by Crippen LogP contribution is -2.14. The number of hydrogen-bond acceptors (Lipinski definition) is 10. The van der Waals surface area contributed by atoms with Crippen LogP contribution < -0.4 is 9.26 Å². The van der Waals surface area contributed by atoms with Crippen LogP contribution >= 0.6 is 18.3 Å². The van der Waals surface area contributed by atoms with Crippen LogP contribution in [0.5, 0.6) is 17.4 Å². The van der Waals surface area contributed by atoms with Gasteiger partial charge in [-0.3, -0.25) is 13.8 Å². The second-order valence-electron chi connectivity index (χ2n) is 12.0. The van der Waals surface area contributed by atoms with E-state index in [-0.39, 0.29) is 5.92 Å². The zero-order valence-electron chi connectivity index (χ0n) is 28.7. The van der Waals surface area contributed by atoms with E-state index in [9.17, 15) is 23.2 Å². The van der Waals surface area contributed by atoms with Gasteiger partial charge in [-0.15, -0.1) is 0 Å². The maximum atomic E-state index is 12.7. The number of aromatic nitrogens is 2. The van der Waals surface area contributed by atoms with E-state index in [1.807, 2.05) is 58.9 Å². The van der Waals surface area contributed by atoms with Crippen molar-refractivity contribution in [3.63, 3.8) is 0 Å². The summed E-state index contributed by atoms with van der Waals surface area (Å²) in [6, 6.07) is 19.2. The molecule has 0 saturated heterocycles. The third kappa shape index (κ3) is 11.5. The molecule has 15 heteroatoms. The summed E-state index contributed by atoms with van der Waals surface area (Å²) in [4.78, 5) is 21.3. The lowest BCUT2D eigenvalue weighted by Gasteiger charge is -2.20. The fourth-order valence-electron chi connectivity index (χ4n) is 4.80. The second-order valence-corrected chi connectivity index (χ2v) is 15.3. The fourth-order valence-corrected chi connectivity index (χ4v) is 6.94. The van der Waals surface area contributed by atoms with Crippen LogP contribution in [0.3, 0.4) is 0 Å². The van der Waals surface area contributed by atoms with Gasteiger partial charge in [-0.2, -0.15) is 23.4 Å². The predicted octanol–water partition coefficient (Wildman–Crippen LogP) is 10.1. The molecule has 0 amide bonds. The Balaban J connectivity index is 0.000000305. The van der Waals surface area contributed by atoms with Crippen molar-refractivity contribution in [3.05, 3.63) is 88.9 Å². The van der Waals surface area contributed by atoms with Crippen molar-refractivity contribution in [1.82, 2.24) is 9.97 Å². The average molecular weight is 754 g/mol. The first-order valence-electron chi connectivity index (χ1n) is 15.8. The van der Waals surface area contributed by atoms with Gasteiger partial charge in [0, 0.05) is 35.0 Å². The number of halogens is 4. The minimum Gasteiger partial charge on any atom is -0.457 e. The second kappa shape index (κ2) is 17.6. The third-order valence-corrected chi connectivity index (χ3v) is 10.2. The first-order chi connectivity index (χ1) is 23.4. The Labute approximate surface area is 301 Å². The van der Waals surface area contributed by atoms with E-state index in [0.717, 1.165) is 17.6 Å². The number of carbonyl (C=O) groups excluding carboxylic acids is 1. The fraction of sp³-hybridized carbons (Fsp3) is 0.429. The lowest BCUT2D eigenvalue weighted by molar-refractivity contribution is -0.149. The topological polar surface area (TPSA) is 113 Å². The van der Waals surface area contributed by atoms with Gasteiger partial charge in [-0.05, 0) is 56.4 Å². The molecule has 1 heterocycles. The summed E-state index contributed by atoms with van der Waals surface area (Å²) in [5.74, 6) is 0.0964. The number of carbonyl (C=O) groups is 1. The molecule has 1 aliphatic rings. The first kappa shape index (κ1) is 40.9. The highest BCUT2D eigenvalue weighted by Gasteiger charge is 2.62. The van der Waals surface area contributed by atoms with E-state index in [2.05, 4.69) is 9.97 Å². The van der Waals surface area contributed by atoms with E-state index in [1.54, 1.807) is 56.3 Å². The van der Waals surface area contributed by atoms with Crippen LogP contribution in [-0.4, -0.2) is 35.3 Å². The Bertz CT molecular complexity index is 1730.